The Morgan fingerprint density at radius 3 is 2.06 bits per heavy atom. The maximum Gasteiger partial charge on any atom is 0.251 e. The molecule has 94 valence electrons. The van der Waals surface area contributed by atoms with Crippen LogP contribution in [0.3, 0.4) is 0 Å². The van der Waals surface area contributed by atoms with Crippen LogP contribution in [0.5, 0.6) is 0 Å². The van der Waals surface area contributed by atoms with Crippen LogP contribution in [0.15, 0.2) is 4.40 Å². The SMILES string of the molecule is CC1CCC(/C(=N/S(C)(=O)=O)N(C)C)CC1. The minimum absolute atomic E-state index is 0.306. The van der Waals surface area contributed by atoms with Crippen molar-refractivity contribution in [2.24, 2.45) is 16.2 Å². The molecule has 0 unspecified atom stereocenters. The topological polar surface area (TPSA) is 49.7 Å². The summed E-state index contributed by atoms with van der Waals surface area (Å²) in [6.45, 7) is 2.25. The van der Waals surface area contributed by atoms with Gasteiger partial charge in [0.15, 0.2) is 0 Å². The van der Waals surface area contributed by atoms with Gasteiger partial charge in [0, 0.05) is 20.0 Å². The molecule has 0 bridgehead atoms. The summed E-state index contributed by atoms with van der Waals surface area (Å²) in [6.07, 6.45) is 5.59. The van der Waals surface area contributed by atoms with Crippen molar-refractivity contribution in [2.45, 2.75) is 32.6 Å². The van der Waals surface area contributed by atoms with Crippen molar-refractivity contribution in [1.29, 1.82) is 0 Å². The third-order valence-electron chi connectivity index (χ3n) is 3.10. The lowest BCUT2D eigenvalue weighted by atomic mass is 9.82. The zero-order valence-electron chi connectivity index (χ0n) is 10.6. The van der Waals surface area contributed by atoms with Gasteiger partial charge < -0.3 is 4.90 Å². The summed E-state index contributed by atoms with van der Waals surface area (Å²) in [7, 11) is 0.441. The summed E-state index contributed by atoms with van der Waals surface area (Å²) in [5, 5.41) is 0. The van der Waals surface area contributed by atoms with Crippen LogP contribution in [0.2, 0.25) is 0 Å². The molecule has 0 amide bonds. The van der Waals surface area contributed by atoms with Crippen LogP contribution in [0.1, 0.15) is 32.6 Å². The molecule has 0 atom stereocenters. The first-order chi connectivity index (χ1) is 7.29. The smallest absolute Gasteiger partial charge is 0.251 e. The molecule has 0 heterocycles. The molecule has 0 radical (unpaired) electrons. The highest BCUT2D eigenvalue weighted by atomic mass is 32.2. The Bertz CT molecular complexity index is 352. The van der Waals surface area contributed by atoms with E-state index in [-0.39, 0.29) is 0 Å². The van der Waals surface area contributed by atoms with E-state index in [1.807, 2.05) is 19.0 Å². The third-order valence-corrected chi connectivity index (χ3v) is 3.62. The van der Waals surface area contributed by atoms with Gasteiger partial charge in [-0.3, -0.25) is 0 Å². The summed E-state index contributed by atoms with van der Waals surface area (Å²) >= 11 is 0. The van der Waals surface area contributed by atoms with Crippen molar-refractivity contribution in [2.75, 3.05) is 20.4 Å². The van der Waals surface area contributed by atoms with Crippen LogP contribution >= 0.6 is 0 Å². The van der Waals surface area contributed by atoms with Gasteiger partial charge in [-0.05, 0) is 18.8 Å². The molecule has 16 heavy (non-hydrogen) atoms. The zero-order valence-corrected chi connectivity index (χ0v) is 11.4. The quantitative estimate of drug-likeness (QED) is 0.551. The lowest BCUT2D eigenvalue weighted by Crippen LogP contribution is -2.33. The second-order valence-corrected chi connectivity index (χ2v) is 6.68. The zero-order chi connectivity index (χ0) is 12.3. The van der Waals surface area contributed by atoms with Crippen molar-refractivity contribution in [1.82, 2.24) is 4.90 Å². The van der Waals surface area contributed by atoms with E-state index in [0.717, 1.165) is 30.9 Å². The highest BCUT2D eigenvalue weighted by Gasteiger charge is 2.25. The Hall–Kier alpha value is -0.580. The molecule has 0 spiro atoms. The molecule has 1 saturated carbocycles. The van der Waals surface area contributed by atoms with Gasteiger partial charge in [-0.1, -0.05) is 19.8 Å². The molecular formula is C11H22N2O2S. The number of amidine groups is 1. The molecule has 4 nitrogen and oxygen atoms in total. The second-order valence-electron chi connectivity index (χ2n) is 5.03. The van der Waals surface area contributed by atoms with Gasteiger partial charge >= 0.3 is 0 Å². The van der Waals surface area contributed by atoms with Gasteiger partial charge in [-0.2, -0.15) is 4.40 Å². The van der Waals surface area contributed by atoms with E-state index in [4.69, 9.17) is 0 Å². The van der Waals surface area contributed by atoms with E-state index >= 15 is 0 Å². The maximum absolute atomic E-state index is 11.2. The van der Waals surface area contributed by atoms with E-state index in [9.17, 15) is 8.42 Å². The van der Waals surface area contributed by atoms with Crippen molar-refractivity contribution in [3.8, 4) is 0 Å². The predicted octanol–water partition coefficient (Wildman–Crippen LogP) is 1.73. The van der Waals surface area contributed by atoms with Crippen molar-refractivity contribution >= 4 is 15.9 Å². The number of hydrogen-bond acceptors (Lipinski definition) is 2. The summed E-state index contributed by atoms with van der Waals surface area (Å²) < 4.78 is 26.3. The summed E-state index contributed by atoms with van der Waals surface area (Å²) in [5.41, 5.74) is 0. The van der Waals surface area contributed by atoms with Crippen LogP contribution in [0.25, 0.3) is 0 Å². The molecule has 1 rings (SSSR count). The highest BCUT2D eigenvalue weighted by Crippen LogP contribution is 2.29. The van der Waals surface area contributed by atoms with Crippen LogP contribution < -0.4 is 0 Å². The Balaban J connectivity index is 2.83. The Morgan fingerprint density at radius 2 is 1.69 bits per heavy atom. The fourth-order valence-electron chi connectivity index (χ4n) is 2.21. The standard InChI is InChI=1S/C11H22N2O2S/c1-9-5-7-10(8-6-9)11(13(2)3)12-16(4,14)15/h9-10H,5-8H2,1-4H3/b12-11-. The highest BCUT2D eigenvalue weighted by molar-refractivity contribution is 7.89. The van der Waals surface area contributed by atoms with E-state index < -0.39 is 10.0 Å². The van der Waals surface area contributed by atoms with Crippen LogP contribution in [0, 0.1) is 11.8 Å². The van der Waals surface area contributed by atoms with Gasteiger partial charge in [0.2, 0.25) is 0 Å². The minimum atomic E-state index is -3.28. The van der Waals surface area contributed by atoms with E-state index in [1.165, 1.54) is 12.8 Å². The Labute approximate surface area is 98.8 Å². The molecule has 0 aromatic rings. The molecule has 5 heteroatoms. The average Bonchev–Trinajstić information content (AvgIpc) is 2.14. The predicted molar refractivity (Wildman–Crippen MR) is 67.1 cm³/mol. The van der Waals surface area contributed by atoms with Crippen LogP contribution in [0.4, 0.5) is 0 Å². The fraction of sp³-hybridized carbons (Fsp3) is 0.909. The summed E-state index contributed by atoms with van der Waals surface area (Å²) in [6, 6.07) is 0. The fourth-order valence-corrected chi connectivity index (χ4v) is 2.86. The summed E-state index contributed by atoms with van der Waals surface area (Å²) in [5.74, 6) is 1.79. The number of hydrogen-bond donors (Lipinski definition) is 0. The molecule has 0 saturated heterocycles. The molecule has 0 aromatic heterocycles. The number of sulfonamides is 1. The van der Waals surface area contributed by atoms with Crippen molar-refractivity contribution < 1.29 is 8.42 Å². The number of nitrogens with zero attached hydrogens (tertiary/aromatic N) is 2. The first-order valence-corrected chi connectivity index (χ1v) is 7.61. The first kappa shape index (κ1) is 13.5. The van der Waals surface area contributed by atoms with E-state index in [1.54, 1.807) is 0 Å². The Morgan fingerprint density at radius 1 is 1.19 bits per heavy atom. The lowest BCUT2D eigenvalue weighted by molar-refractivity contribution is 0.329. The summed E-state index contributed by atoms with van der Waals surface area (Å²) in [4.78, 5) is 1.84. The van der Waals surface area contributed by atoms with Crippen molar-refractivity contribution in [3.63, 3.8) is 0 Å². The second kappa shape index (κ2) is 5.17. The monoisotopic (exact) mass is 246 g/mol. The van der Waals surface area contributed by atoms with Gasteiger partial charge in [-0.15, -0.1) is 0 Å². The third kappa shape index (κ3) is 4.12. The van der Waals surface area contributed by atoms with Crippen molar-refractivity contribution in [3.05, 3.63) is 0 Å². The average molecular weight is 246 g/mol. The van der Waals surface area contributed by atoms with Gasteiger partial charge in [-0.25, -0.2) is 8.42 Å². The molecular weight excluding hydrogens is 224 g/mol. The lowest BCUT2D eigenvalue weighted by Gasteiger charge is -2.30. The molecule has 1 aliphatic carbocycles. The molecule has 0 aliphatic heterocycles. The largest absolute Gasteiger partial charge is 0.365 e. The van der Waals surface area contributed by atoms with E-state index in [2.05, 4.69) is 11.3 Å². The van der Waals surface area contributed by atoms with Crippen LogP contribution in [-0.2, 0) is 10.0 Å². The number of rotatable bonds is 2. The maximum atomic E-state index is 11.2. The normalized spacial score (nSPS) is 27.9. The molecule has 0 aromatic carbocycles. The Kier molecular flexibility index (Phi) is 4.35. The van der Waals surface area contributed by atoms with Gasteiger partial charge in [0.05, 0.1) is 6.26 Å². The molecule has 0 N–H and O–H groups in total. The van der Waals surface area contributed by atoms with Gasteiger partial charge in [0.25, 0.3) is 10.0 Å². The van der Waals surface area contributed by atoms with Gasteiger partial charge in [0.1, 0.15) is 5.84 Å². The molecule has 1 fully saturated rings. The molecule has 1 aliphatic rings. The van der Waals surface area contributed by atoms with Crippen LogP contribution in [-0.4, -0.2) is 39.5 Å². The first-order valence-electron chi connectivity index (χ1n) is 5.76. The minimum Gasteiger partial charge on any atom is -0.365 e. The van der Waals surface area contributed by atoms with E-state index in [0.29, 0.717) is 5.92 Å².